The number of rotatable bonds is 7. The van der Waals surface area contributed by atoms with Crippen LogP contribution in [0.2, 0.25) is 0 Å². The van der Waals surface area contributed by atoms with Crippen LogP contribution in [0.5, 0.6) is 5.75 Å². The fraction of sp³-hybridized carbons (Fsp3) is 0.267. The summed E-state index contributed by atoms with van der Waals surface area (Å²) in [5, 5.41) is 0. The molecule has 0 aromatic heterocycles. The maximum Gasteiger partial charge on any atom is 0.334 e. The molecule has 0 aliphatic rings. The topological polar surface area (TPSA) is 78.9 Å². The first-order valence-corrected chi connectivity index (χ1v) is 6.13. The van der Waals surface area contributed by atoms with Gasteiger partial charge >= 0.3 is 11.9 Å². The summed E-state index contributed by atoms with van der Waals surface area (Å²) < 4.78 is 14.5. The molecule has 6 heteroatoms. The fourth-order valence-electron chi connectivity index (χ4n) is 1.53. The number of para-hydroxylation sites is 1. The fourth-order valence-corrected chi connectivity index (χ4v) is 1.53. The first kappa shape index (κ1) is 16.4. The van der Waals surface area contributed by atoms with Crippen molar-refractivity contribution in [1.82, 2.24) is 0 Å². The van der Waals surface area contributed by atoms with Gasteiger partial charge in [0.25, 0.3) is 0 Å². The van der Waals surface area contributed by atoms with Gasteiger partial charge in [-0.1, -0.05) is 12.1 Å². The molecule has 0 atom stereocenters. The van der Waals surface area contributed by atoms with Crippen LogP contribution in [-0.2, 0) is 19.1 Å². The molecule has 0 saturated carbocycles. The van der Waals surface area contributed by atoms with Gasteiger partial charge in [-0.05, 0) is 18.2 Å². The highest BCUT2D eigenvalue weighted by atomic mass is 16.5. The zero-order valence-corrected chi connectivity index (χ0v) is 11.8. The molecule has 112 valence electrons. The minimum atomic E-state index is -0.632. The second-order valence-corrected chi connectivity index (χ2v) is 3.94. The molecule has 0 unspecified atom stereocenters. The Morgan fingerprint density at radius 2 is 1.86 bits per heavy atom. The summed E-state index contributed by atoms with van der Waals surface area (Å²) >= 11 is 0. The quantitative estimate of drug-likeness (QED) is 0.431. The van der Waals surface area contributed by atoms with E-state index in [2.05, 4.69) is 9.47 Å². The number of carbonyl (C=O) groups excluding carboxylic acids is 3. The van der Waals surface area contributed by atoms with Crippen LogP contribution in [-0.4, -0.2) is 39.1 Å². The number of carbonyl (C=O) groups is 3. The van der Waals surface area contributed by atoms with Crippen LogP contribution in [0.15, 0.2) is 35.9 Å². The van der Waals surface area contributed by atoms with Crippen molar-refractivity contribution in [3.05, 3.63) is 41.5 Å². The molecule has 0 N–H and O–H groups in total. The number of ether oxygens (including phenoxy) is 3. The Labute approximate surface area is 122 Å². The van der Waals surface area contributed by atoms with Crippen molar-refractivity contribution in [2.75, 3.05) is 20.8 Å². The summed E-state index contributed by atoms with van der Waals surface area (Å²) in [6, 6.07) is 6.68. The van der Waals surface area contributed by atoms with Crippen LogP contribution in [0.25, 0.3) is 0 Å². The molecule has 6 nitrogen and oxygen atoms in total. The number of methoxy groups -OCH3 is 2. The molecule has 21 heavy (non-hydrogen) atoms. The van der Waals surface area contributed by atoms with Crippen molar-refractivity contribution in [3.63, 3.8) is 0 Å². The van der Waals surface area contributed by atoms with E-state index in [1.165, 1.54) is 20.3 Å². The molecule has 1 aromatic rings. The van der Waals surface area contributed by atoms with E-state index < -0.39 is 11.9 Å². The molecule has 0 aliphatic carbocycles. The Balaban J connectivity index is 2.76. The molecular weight excluding hydrogens is 276 g/mol. The number of hydrogen-bond donors (Lipinski definition) is 0. The lowest BCUT2D eigenvalue weighted by atomic mass is 10.2. The SMILES string of the molecule is COC(=O)C/C(=C/COc1ccccc1C=O)C(=O)OC. The van der Waals surface area contributed by atoms with Crippen molar-refractivity contribution in [2.45, 2.75) is 6.42 Å². The summed E-state index contributed by atoms with van der Waals surface area (Å²) in [6.45, 7) is 0.0201. The minimum absolute atomic E-state index is 0.0201. The maximum atomic E-state index is 11.5. The van der Waals surface area contributed by atoms with Crippen molar-refractivity contribution < 1.29 is 28.6 Å². The molecular formula is C15H16O6. The van der Waals surface area contributed by atoms with Crippen LogP contribution in [0.3, 0.4) is 0 Å². The van der Waals surface area contributed by atoms with Crippen LogP contribution in [0, 0.1) is 0 Å². The number of aldehydes is 1. The van der Waals surface area contributed by atoms with E-state index in [-0.39, 0.29) is 18.6 Å². The number of benzene rings is 1. The van der Waals surface area contributed by atoms with Gasteiger partial charge in [-0.15, -0.1) is 0 Å². The smallest absolute Gasteiger partial charge is 0.334 e. The predicted molar refractivity (Wildman–Crippen MR) is 74.1 cm³/mol. The molecule has 1 aromatic carbocycles. The molecule has 0 radical (unpaired) electrons. The van der Waals surface area contributed by atoms with Crippen LogP contribution < -0.4 is 4.74 Å². The van der Waals surface area contributed by atoms with Crippen molar-refractivity contribution in [2.24, 2.45) is 0 Å². The molecule has 0 spiro atoms. The average Bonchev–Trinajstić information content (AvgIpc) is 2.53. The van der Waals surface area contributed by atoms with E-state index in [0.29, 0.717) is 17.6 Å². The molecule has 0 saturated heterocycles. The Morgan fingerprint density at radius 1 is 1.14 bits per heavy atom. The van der Waals surface area contributed by atoms with E-state index in [9.17, 15) is 14.4 Å². The highest BCUT2D eigenvalue weighted by molar-refractivity contribution is 5.93. The van der Waals surface area contributed by atoms with E-state index in [1.54, 1.807) is 24.3 Å². The molecule has 0 fully saturated rings. The van der Waals surface area contributed by atoms with E-state index >= 15 is 0 Å². The molecule has 1 rings (SSSR count). The zero-order valence-electron chi connectivity index (χ0n) is 11.8. The second kappa shape index (κ2) is 8.52. The molecule has 0 amide bonds. The largest absolute Gasteiger partial charge is 0.489 e. The van der Waals surface area contributed by atoms with Gasteiger partial charge in [-0.3, -0.25) is 9.59 Å². The highest BCUT2D eigenvalue weighted by Gasteiger charge is 2.14. The van der Waals surface area contributed by atoms with E-state index in [4.69, 9.17) is 4.74 Å². The lowest BCUT2D eigenvalue weighted by Gasteiger charge is -2.07. The van der Waals surface area contributed by atoms with Crippen LogP contribution in [0.1, 0.15) is 16.8 Å². The van der Waals surface area contributed by atoms with Gasteiger partial charge in [0.15, 0.2) is 6.29 Å². The van der Waals surface area contributed by atoms with Crippen molar-refractivity contribution >= 4 is 18.2 Å². The predicted octanol–water partition coefficient (Wildman–Crippen LogP) is 1.54. The Morgan fingerprint density at radius 3 is 2.48 bits per heavy atom. The summed E-state index contributed by atoms with van der Waals surface area (Å²) in [5.74, 6) is -0.793. The van der Waals surface area contributed by atoms with Crippen molar-refractivity contribution in [1.29, 1.82) is 0 Å². The number of esters is 2. The Hall–Kier alpha value is -2.63. The average molecular weight is 292 g/mol. The summed E-state index contributed by atoms with van der Waals surface area (Å²) in [5.41, 5.74) is 0.534. The van der Waals surface area contributed by atoms with Gasteiger partial charge < -0.3 is 14.2 Å². The summed E-state index contributed by atoms with van der Waals surface area (Å²) in [7, 11) is 2.45. The van der Waals surface area contributed by atoms with Crippen molar-refractivity contribution in [3.8, 4) is 5.75 Å². The Bertz CT molecular complexity index is 547. The first-order valence-electron chi connectivity index (χ1n) is 6.13. The monoisotopic (exact) mass is 292 g/mol. The molecule has 0 heterocycles. The zero-order chi connectivity index (χ0) is 15.7. The minimum Gasteiger partial charge on any atom is -0.489 e. The van der Waals surface area contributed by atoms with Gasteiger partial charge in [-0.25, -0.2) is 4.79 Å². The van der Waals surface area contributed by atoms with Gasteiger partial charge in [-0.2, -0.15) is 0 Å². The first-order chi connectivity index (χ1) is 10.1. The summed E-state index contributed by atoms with van der Waals surface area (Å²) in [4.78, 5) is 33.6. The third kappa shape index (κ3) is 5.10. The molecule has 0 aliphatic heterocycles. The van der Waals surface area contributed by atoms with Gasteiger partial charge in [0.2, 0.25) is 0 Å². The van der Waals surface area contributed by atoms with Gasteiger partial charge in [0, 0.05) is 5.57 Å². The second-order valence-electron chi connectivity index (χ2n) is 3.94. The van der Waals surface area contributed by atoms with E-state index in [1.807, 2.05) is 0 Å². The highest BCUT2D eigenvalue weighted by Crippen LogP contribution is 2.16. The lowest BCUT2D eigenvalue weighted by molar-refractivity contribution is -0.143. The lowest BCUT2D eigenvalue weighted by Crippen LogP contribution is -2.12. The Kier molecular flexibility index (Phi) is 6.67. The van der Waals surface area contributed by atoms with Crippen LogP contribution >= 0.6 is 0 Å². The summed E-state index contributed by atoms with van der Waals surface area (Å²) in [6.07, 6.45) is 1.89. The maximum absolute atomic E-state index is 11.5. The van der Waals surface area contributed by atoms with Gasteiger partial charge in [0.1, 0.15) is 12.4 Å². The van der Waals surface area contributed by atoms with Gasteiger partial charge in [0.05, 0.1) is 26.2 Å². The third-order valence-corrected chi connectivity index (χ3v) is 2.62. The standard InChI is InChI=1S/C15H16O6/c1-19-14(17)9-11(15(18)20-2)7-8-21-13-6-4-3-5-12(13)10-16/h3-7,10H,8-9H2,1-2H3/b11-7-. The van der Waals surface area contributed by atoms with Crippen LogP contribution in [0.4, 0.5) is 0 Å². The number of hydrogen-bond acceptors (Lipinski definition) is 6. The normalized spacial score (nSPS) is 10.7. The van der Waals surface area contributed by atoms with E-state index in [0.717, 1.165) is 0 Å². The third-order valence-electron chi connectivity index (χ3n) is 2.62. The molecule has 0 bridgehead atoms.